The number of aromatic nitrogens is 4. The summed E-state index contributed by atoms with van der Waals surface area (Å²) in [6.07, 6.45) is 3.38. The van der Waals surface area contributed by atoms with Gasteiger partial charge >= 0.3 is 5.97 Å². The highest BCUT2D eigenvalue weighted by atomic mass is 35.5. The van der Waals surface area contributed by atoms with Gasteiger partial charge in [-0.3, -0.25) is 14.3 Å². The molecule has 0 aliphatic rings. The summed E-state index contributed by atoms with van der Waals surface area (Å²) in [6, 6.07) is 17.6. The minimum atomic E-state index is -0.402. The lowest BCUT2D eigenvalue weighted by atomic mass is 10.2. The number of amides is 1. The summed E-state index contributed by atoms with van der Waals surface area (Å²) in [5.41, 5.74) is 2.56. The first-order valence-electron chi connectivity index (χ1n) is 10.4. The zero-order chi connectivity index (χ0) is 23.9. The van der Waals surface area contributed by atoms with Gasteiger partial charge in [-0.25, -0.2) is 4.79 Å². The number of esters is 1. The summed E-state index contributed by atoms with van der Waals surface area (Å²) in [7, 11) is 0. The molecule has 0 fully saturated rings. The molecule has 0 radical (unpaired) electrons. The van der Waals surface area contributed by atoms with Crippen LogP contribution in [0.25, 0.3) is 17.1 Å². The molecule has 4 rings (SSSR count). The standard InChI is InChI=1S/C24H20ClN5O3S/c1-2-33-23(32)16-8-10-19(11-9-16)27-21(31)15-34-24-29-28-22(17-5-4-12-26-14-17)30(24)20-7-3-6-18(25)13-20/h3-14H,2,15H2,1H3,(H,27,31). The van der Waals surface area contributed by atoms with Gasteiger partial charge in [0.05, 0.1) is 23.6 Å². The number of rotatable bonds is 8. The van der Waals surface area contributed by atoms with E-state index in [0.717, 1.165) is 11.3 Å². The minimum absolute atomic E-state index is 0.103. The van der Waals surface area contributed by atoms with Crippen molar-refractivity contribution in [3.63, 3.8) is 0 Å². The fourth-order valence-corrected chi connectivity index (χ4v) is 4.06. The Labute approximate surface area is 205 Å². The Morgan fingerprint density at radius 1 is 1.09 bits per heavy atom. The molecule has 2 heterocycles. The number of benzene rings is 2. The van der Waals surface area contributed by atoms with E-state index in [2.05, 4.69) is 20.5 Å². The van der Waals surface area contributed by atoms with Gasteiger partial charge < -0.3 is 10.1 Å². The smallest absolute Gasteiger partial charge is 0.338 e. The second-order valence-electron chi connectivity index (χ2n) is 7.00. The highest BCUT2D eigenvalue weighted by Gasteiger charge is 2.18. The van der Waals surface area contributed by atoms with E-state index in [9.17, 15) is 9.59 Å². The molecule has 8 nitrogen and oxygen atoms in total. The van der Waals surface area contributed by atoms with Crippen molar-refractivity contribution in [2.45, 2.75) is 12.1 Å². The summed E-state index contributed by atoms with van der Waals surface area (Å²) in [5.74, 6) is 0.0664. The third-order valence-corrected chi connectivity index (χ3v) is 5.80. The first-order valence-corrected chi connectivity index (χ1v) is 11.7. The Balaban J connectivity index is 1.50. The van der Waals surface area contributed by atoms with Crippen LogP contribution >= 0.6 is 23.4 Å². The van der Waals surface area contributed by atoms with Crippen molar-refractivity contribution >= 4 is 40.9 Å². The molecule has 0 aliphatic heterocycles. The molecule has 0 spiro atoms. The van der Waals surface area contributed by atoms with Gasteiger partial charge in [0.1, 0.15) is 0 Å². The first kappa shape index (κ1) is 23.5. The van der Waals surface area contributed by atoms with Crippen molar-refractivity contribution in [1.82, 2.24) is 19.7 Å². The quantitative estimate of drug-likeness (QED) is 0.275. The summed E-state index contributed by atoms with van der Waals surface area (Å²) in [5, 5.41) is 12.6. The van der Waals surface area contributed by atoms with Crippen LogP contribution in [-0.2, 0) is 9.53 Å². The molecule has 1 amide bonds. The molecule has 2 aromatic heterocycles. The average Bonchev–Trinajstić information content (AvgIpc) is 3.28. The fourth-order valence-electron chi connectivity index (χ4n) is 3.12. The molecule has 0 bridgehead atoms. The molecule has 2 aromatic carbocycles. The van der Waals surface area contributed by atoms with Crippen molar-refractivity contribution in [3.05, 3.63) is 83.6 Å². The van der Waals surface area contributed by atoms with Gasteiger partial charge in [0.15, 0.2) is 11.0 Å². The van der Waals surface area contributed by atoms with E-state index in [1.165, 1.54) is 11.8 Å². The second kappa shape index (κ2) is 11.0. The molecular formula is C24H20ClN5O3S. The number of hydrogen-bond acceptors (Lipinski definition) is 7. The molecule has 4 aromatic rings. The summed E-state index contributed by atoms with van der Waals surface area (Å²) in [4.78, 5) is 28.5. The van der Waals surface area contributed by atoms with Crippen LogP contribution in [-0.4, -0.2) is 44.0 Å². The van der Waals surface area contributed by atoms with Crippen LogP contribution in [0.1, 0.15) is 17.3 Å². The molecule has 0 unspecified atom stereocenters. The normalized spacial score (nSPS) is 10.6. The van der Waals surface area contributed by atoms with Gasteiger partial charge in [-0.2, -0.15) is 0 Å². The summed E-state index contributed by atoms with van der Waals surface area (Å²) in [6.45, 7) is 2.05. The lowest BCUT2D eigenvalue weighted by molar-refractivity contribution is -0.113. The number of pyridine rings is 1. The Bertz CT molecular complexity index is 1300. The largest absolute Gasteiger partial charge is 0.462 e. The Morgan fingerprint density at radius 3 is 2.62 bits per heavy atom. The number of hydrogen-bond donors (Lipinski definition) is 1. The number of anilines is 1. The number of carbonyl (C=O) groups excluding carboxylic acids is 2. The maximum absolute atomic E-state index is 12.6. The molecule has 34 heavy (non-hydrogen) atoms. The number of ether oxygens (including phenoxy) is 1. The zero-order valence-corrected chi connectivity index (χ0v) is 19.7. The number of thioether (sulfide) groups is 1. The van der Waals surface area contributed by atoms with Crippen molar-refractivity contribution in [1.29, 1.82) is 0 Å². The molecule has 0 saturated heterocycles. The molecule has 172 valence electrons. The average molecular weight is 494 g/mol. The van der Waals surface area contributed by atoms with Gasteiger partial charge in [-0.05, 0) is 61.5 Å². The van der Waals surface area contributed by atoms with Crippen molar-refractivity contribution in [3.8, 4) is 17.1 Å². The highest BCUT2D eigenvalue weighted by molar-refractivity contribution is 7.99. The molecule has 10 heteroatoms. The minimum Gasteiger partial charge on any atom is -0.462 e. The maximum atomic E-state index is 12.6. The van der Waals surface area contributed by atoms with Gasteiger partial charge in [0, 0.05) is 28.7 Å². The Hall–Kier alpha value is -3.69. The number of nitrogens with one attached hydrogen (secondary N) is 1. The van der Waals surface area contributed by atoms with E-state index in [-0.39, 0.29) is 11.7 Å². The molecule has 0 aliphatic carbocycles. The third-order valence-electron chi connectivity index (χ3n) is 4.63. The molecule has 0 atom stereocenters. The zero-order valence-electron chi connectivity index (χ0n) is 18.1. The predicted octanol–water partition coefficient (Wildman–Crippen LogP) is 4.89. The van der Waals surface area contributed by atoms with Gasteiger partial charge in [0.25, 0.3) is 0 Å². The fraction of sp³-hybridized carbons (Fsp3) is 0.125. The van der Waals surface area contributed by atoms with Crippen LogP contribution in [0.2, 0.25) is 5.02 Å². The second-order valence-corrected chi connectivity index (χ2v) is 8.38. The summed E-state index contributed by atoms with van der Waals surface area (Å²) >= 11 is 7.46. The van der Waals surface area contributed by atoms with E-state index >= 15 is 0 Å². The van der Waals surface area contributed by atoms with E-state index in [0.29, 0.717) is 33.9 Å². The molecule has 1 N–H and O–H groups in total. The van der Waals surface area contributed by atoms with Crippen LogP contribution < -0.4 is 5.32 Å². The highest BCUT2D eigenvalue weighted by Crippen LogP contribution is 2.28. The van der Waals surface area contributed by atoms with Gasteiger partial charge in [0.2, 0.25) is 5.91 Å². The van der Waals surface area contributed by atoms with Crippen LogP contribution in [0, 0.1) is 0 Å². The monoisotopic (exact) mass is 493 g/mol. The van der Waals surface area contributed by atoms with Crippen molar-refractivity contribution in [2.24, 2.45) is 0 Å². The predicted molar refractivity (Wildman–Crippen MR) is 131 cm³/mol. The van der Waals surface area contributed by atoms with E-state index in [1.54, 1.807) is 55.7 Å². The molecular weight excluding hydrogens is 474 g/mol. The van der Waals surface area contributed by atoms with E-state index in [1.807, 2.05) is 28.8 Å². The van der Waals surface area contributed by atoms with Crippen molar-refractivity contribution < 1.29 is 14.3 Å². The summed E-state index contributed by atoms with van der Waals surface area (Å²) < 4.78 is 6.81. The van der Waals surface area contributed by atoms with Crippen LogP contribution in [0.15, 0.2) is 78.2 Å². The number of nitrogens with zero attached hydrogens (tertiary/aromatic N) is 4. The number of carbonyl (C=O) groups is 2. The van der Waals surface area contributed by atoms with Gasteiger partial charge in [-0.1, -0.05) is 29.4 Å². The maximum Gasteiger partial charge on any atom is 0.338 e. The number of halogens is 1. The van der Waals surface area contributed by atoms with Crippen LogP contribution in [0.3, 0.4) is 0 Å². The Morgan fingerprint density at radius 2 is 1.91 bits per heavy atom. The van der Waals surface area contributed by atoms with Gasteiger partial charge in [-0.15, -0.1) is 10.2 Å². The van der Waals surface area contributed by atoms with E-state index in [4.69, 9.17) is 16.3 Å². The third kappa shape index (κ3) is 5.62. The Kier molecular flexibility index (Phi) is 7.56. The topological polar surface area (TPSA) is 99.0 Å². The van der Waals surface area contributed by atoms with Crippen LogP contribution in [0.4, 0.5) is 5.69 Å². The lowest BCUT2D eigenvalue weighted by Gasteiger charge is -2.11. The molecule has 0 saturated carbocycles. The first-order chi connectivity index (χ1) is 16.5. The van der Waals surface area contributed by atoms with E-state index < -0.39 is 5.97 Å². The van der Waals surface area contributed by atoms with Crippen molar-refractivity contribution in [2.75, 3.05) is 17.7 Å². The van der Waals surface area contributed by atoms with Crippen LogP contribution in [0.5, 0.6) is 0 Å². The lowest BCUT2D eigenvalue weighted by Crippen LogP contribution is -2.15. The SMILES string of the molecule is CCOC(=O)c1ccc(NC(=O)CSc2nnc(-c3cccnc3)n2-c2cccc(Cl)c2)cc1.